The van der Waals surface area contributed by atoms with Gasteiger partial charge in [-0.2, -0.15) is 0 Å². The van der Waals surface area contributed by atoms with Gasteiger partial charge in [0.1, 0.15) is 5.69 Å². The van der Waals surface area contributed by atoms with Gasteiger partial charge in [-0.15, -0.1) is 0 Å². The van der Waals surface area contributed by atoms with Crippen LogP contribution >= 0.6 is 0 Å². The summed E-state index contributed by atoms with van der Waals surface area (Å²) in [6, 6.07) is 13.5. The number of pyridine rings is 2. The predicted molar refractivity (Wildman–Crippen MR) is 109 cm³/mol. The molecule has 1 amide bonds. The smallest absolute Gasteiger partial charge is 0.269 e. The molecule has 0 aliphatic carbocycles. The van der Waals surface area contributed by atoms with E-state index in [1.165, 1.54) is 0 Å². The number of ether oxygens (including phenoxy) is 1. The molecular weight excluding hydrogens is 354 g/mol. The number of carbonyl (C=O) groups is 1. The number of aromatic nitrogens is 2. The van der Waals surface area contributed by atoms with E-state index in [2.05, 4.69) is 25.5 Å². The van der Waals surface area contributed by atoms with Crippen LogP contribution in [-0.2, 0) is 4.74 Å². The molecule has 7 nitrogen and oxygen atoms in total. The molecule has 2 aromatic heterocycles. The van der Waals surface area contributed by atoms with Crippen LogP contribution in [0.4, 0.5) is 11.4 Å². The third-order valence-corrected chi connectivity index (χ3v) is 4.72. The molecular formula is C21H23N5O2. The van der Waals surface area contributed by atoms with E-state index in [0.717, 1.165) is 55.1 Å². The predicted octanol–water partition coefficient (Wildman–Crippen LogP) is 2.44. The molecule has 0 radical (unpaired) electrons. The quantitative estimate of drug-likeness (QED) is 0.687. The van der Waals surface area contributed by atoms with Gasteiger partial charge in [0.25, 0.3) is 5.91 Å². The van der Waals surface area contributed by atoms with Gasteiger partial charge in [-0.05, 0) is 24.3 Å². The summed E-state index contributed by atoms with van der Waals surface area (Å²) in [5.74, 6) is -0.173. The highest BCUT2D eigenvalue weighted by atomic mass is 16.5. The summed E-state index contributed by atoms with van der Waals surface area (Å²) >= 11 is 0. The van der Waals surface area contributed by atoms with Gasteiger partial charge in [0.05, 0.1) is 24.4 Å². The van der Waals surface area contributed by atoms with E-state index in [1.807, 2.05) is 36.4 Å². The van der Waals surface area contributed by atoms with Crippen LogP contribution < -0.4 is 10.6 Å². The molecule has 2 N–H and O–H groups in total. The van der Waals surface area contributed by atoms with E-state index < -0.39 is 0 Å². The number of nitrogens with one attached hydrogen (secondary N) is 2. The molecule has 0 bridgehead atoms. The molecule has 0 saturated carbocycles. The molecule has 28 heavy (non-hydrogen) atoms. The first-order valence-electron chi connectivity index (χ1n) is 9.45. The van der Waals surface area contributed by atoms with Gasteiger partial charge in [-0.1, -0.05) is 18.2 Å². The molecule has 4 rings (SSSR count). The van der Waals surface area contributed by atoms with Crippen LogP contribution in [0, 0.1) is 0 Å². The molecule has 1 aliphatic rings. The first kappa shape index (κ1) is 18.3. The average molecular weight is 377 g/mol. The van der Waals surface area contributed by atoms with Crippen molar-refractivity contribution in [2.45, 2.75) is 0 Å². The molecule has 3 heterocycles. The highest BCUT2D eigenvalue weighted by molar-refractivity contribution is 5.95. The van der Waals surface area contributed by atoms with Crippen LogP contribution in [0.2, 0.25) is 0 Å². The van der Waals surface area contributed by atoms with Crippen molar-refractivity contribution >= 4 is 28.2 Å². The van der Waals surface area contributed by atoms with Crippen LogP contribution in [0.25, 0.3) is 10.9 Å². The van der Waals surface area contributed by atoms with Gasteiger partial charge in [0.15, 0.2) is 0 Å². The van der Waals surface area contributed by atoms with Crippen LogP contribution in [0.5, 0.6) is 0 Å². The van der Waals surface area contributed by atoms with E-state index in [1.54, 1.807) is 18.5 Å². The van der Waals surface area contributed by atoms with Gasteiger partial charge in [0.2, 0.25) is 0 Å². The van der Waals surface area contributed by atoms with E-state index >= 15 is 0 Å². The average Bonchev–Trinajstić information content (AvgIpc) is 2.75. The molecule has 1 saturated heterocycles. The van der Waals surface area contributed by atoms with Gasteiger partial charge in [0, 0.05) is 49.6 Å². The van der Waals surface area contributed by atoms with Crippen LogP contribution in [0.1, 0.15) is 10.5 Å². The summed E-state index contributed by atoms with van der Waals surface area (Å²) in [7, 11) is 0. The second kappa shape index (κ2) is 8.77. The van der Waals surface area contributed by atoms with Crippen molar-refractivity contribution in [1.29, 1.82) is 0 Å². The molecule has 0 unspecified atom stereocenters. The van der Waals surface area contributed by atoms with E-state index in [4.69, 9.17) is 4.74 Å². The van der Waals surface area contributed by atoms with E-state index in [0.29, 0.717) is 12.2 Å². The molecule has 1 aromatic carbocycles. The summed E-state index contributed by atoms with van der Waals surface area (Å²) < 4.78 is 5.33. The minimum Gasteiger partial charge on any atom is -0.379 e. The van der Waals surface area contributed by atoms with Gasteiger partial charge in [-0.25, -0.2) is 0 Å². The fraction of sp³-hybridized carbons (Fsp3) is 0.286. The van der Waals surface area contributed by atoms with Gasteiger partial charge >= 0.3 is 0 Å². The Balaban J connectivity index is 1.40. The van der Waals surface area contributed by atoms with E-state index in [9.17, 15) is 4.79 Å². The summed E-state index contributed by atoms with van der Waals surface area (Å²) in [5.41, 5.74) is 2.97. The summed E-state index contributed by atoms with van der Waals surface area (Å²) in [6.07, 6.45) is 3.41. The third-order valence-electron chi connectivity index (χ3n) is 4.72. The number of nitrogens with zero attached hydrogens (tertiary/aromatic N) is 3. The highest BCUT2D eigenvalue weighted by Crippen LogP contribution is 2.24. The first-order chi connectivity index (χ1) is 13.8. The maximum atomic E-state index is 12.4. The first-order valence-corrected chi connectivity index (χ1v) is 9.45. The second-order valence-corrected chi connectivity index (χ2v) is 6.65. The molecule has 144 valence electrons. The van der Waals surface area contributed by atoms with Crippen LogP contribution in [0.15, 0.2) is 54.9 Å². The zero-order chi connectivity index (χ0) is 19.2. The van der Waals surface area contributed by atoms with Crippen molar-refractivity contribution in [2.24, 2.45) is 0 Å². The zero-order valence-corrected chi connectivity index (χ0v) is 15.6. The number of hydrogen-bond donors (Lipinski definition) is 2. The van der Waals surface area contributed by atoms with Crippen molar-refractivity contribution < 1.29 is 9.53 Å². The Morgan fingerprint density at radius 2 is 1.93 bits per heavy atom. The van der Waals surface area contributed by atoms with Crippen molar-refractivity contribution in [2.75, 3.05) is 44.7 Å². The number of morpholine rings is 1. The maximum absolute atomic E-state index is 12.4. The Labute approximate surface area is 163 Å². The standard InChI is InChI=1S/C21H23N5O2/c27-21(24-9-10-26-11-13-28-14-12-26)19-15-17(6-8-22-19)25-18-5-1-3-16-4-2-7-23-20(16)18/h1-8,15H,9-14H2,(H,22,25)(H,24,27). The van der Waals surface area contributed by atoms with Gasteiger partial charge in [-0.3, -0.25) is 19.7 Å². The minimum atomic E-state index is -0.173. The number of rotatable bonds is 6. The number of anilines is 2. The van der Waals surface area contributed by atoms with Crippen molar-refractivity contribution in [3.63, 3.8) is 0 Å². The monoisotopic (exact) mass is 377 g/mol. The molecule has 0 atom stereocenters. The lowest BCUT2D eigenvalue weighted by Crippen LogP contribution is -2.41. The molecule has 0 spiro atoms. The number of amides is 1. The van der Waals surface area contributed by atoms with Crippen molar-refractivity contribution in [1.82, 2.24) is 20.2 Å². The molecule has 3 aromatic rings. The molecule has 1 fully saturated rings. The Morgan fingerprint density at radius 1 is 1.07 bits per heavy atom. The second-order valence-electron chi connectivity index (χ2n) is 6.65. The Hall–Kier alpha value is -3.03. The van der Waals surface area contributed by atoms with Crippen molar-refractivity contribution in [3.05, 3.63) is 60.6 Å². The molecule has 1 aliphatic heterocycles. The highest BCUT2D eigenvalue weighted by Gasteiger charge is 2.12. The lowest BCUT2D eigenvalue weighted by atomic mass is 10.2. The third kappa shape index (κ3) is 4.44. The number of benzene rings is 1. The SMILES string of the molecule is O=C(NCCN1CCOCC1)c1cc(Nc2cccc3cccnc23)ccn1. The Morgan fingerprint density at radius 3 is 2.82 bits per heavy atom. The van der Waals surface area contributed by atoms with Gasteiger partial charge < -0.3 is 15.4 Å². The largest absolute Gasteiger partial charge is 0.379 e. The normalized spacial score (nSPS) is 14.7. The van der Waals surface area contributed by atoms with Crippen LogP contribution in [-0.4, -0.2) is 60.2 Å². The number of fused-ring (bicyclic) bond motifs is 1. The summed E-state index contributed by atoms with van der Waals surface area (Å²) in [6.45, 7) is 4.73. The Kier molecular flexibility index (Phi) is 5.75. The lowest BCUT2D eigenvalue weighted by molar-refractivity contribution is 0.0383. The fourth-order valence-electron chi connectivity index (χ4n) is 3.24. The number of carbonyl (C=O) groups excluding carboxylic acids is 1. The van der Waals surface area contributed by atoms with Crippen LogP contribution in [0.3, 0.4) is 0 Å². The minimum absolute atomic E-state index is 0.173. The summed E-state index contributed by atoms with van der Waals surface area (Å²) in [5, 5.41) is 7.35. The fourth-order valence-corrected chi connectivity index (χ4v) is 3.24. The number of para-hydroxylation sites is 1. The molecule has 7 heteroatoms. The van der Waals surface area contributed by atoms with E-state index in [-0.39, 0.29) is 5.91 Å². The topological polar surface area (TPSA) is 79.4 Å². The maximum Gasteiger partial charge on any atom is 0.269 e. The lowest BCUT2D eigenvalue weighted by Gasteiger charge is -2.26. The number of hydrogen-bond acceptors (Lipinski definition) is 6. The zero-order valence-electron chi connectivity index (χ0n) is 15.6. The van der Waals surface area contributed by atoms with Crippen molar-refractivity contribution in [3.8, 4) is 0 Å². The Bertz CT molecular complexity index is 951. The summed E-state index contributed by atoms with van der Waals surface area (Å²) in [4.78, 5) is 23.4.